The zero-order valence-corrected chi connectivity index (χ0v) is 17.3. The topological polar surface area (TPSA) is 67.9 Å². The summed E-state index contributed by atoms with van der Waals surface area (Å²) >= 11 is 2.12. The van der Waals surface area contributed by atoms with Gasteiger partial charge in [0.2, 0.25) is 5.91 Å². The number of rotatable bonds is 5. The third kappa shape index (κ3) is 4.77. The van der Waals surface area contributed by atoms with Crippen molar-refractivity contribution in [2.45, 2.75) is 32.7 Å². The van der Waals surface area contributed by atoms with Gasteiger partial charge < -0.3 is 19.7 Å². The van der Waals surface area contributed by atoms with Crippen molar-refractivity contribution < 1.29 is 19.1 Å². The van der Waals surface area contributed by atoms with Crippen LogP contribution >= 0.6 is 22.6 Å². The van der Waals surface area contributed by atoms with Gasteiger partial charge in [-0.1, -0.05) is 13.8 Å². The number of methoxy groups -OCH3 is 2. The minimum atomic E-state index is -0.126. The van der Waals surface area contributed by atoms with Crippen LogP contribution in [0.25, 0.3) is 0 Å². The van der Waals surface area contributed by atoms with Gasteiger partial charge in [-0.3, -0.25) is 9.59 Å². The summed E-state index contributed by atoms with van der Waals surface area (Å²) in [6.07, 6.45) is 1.54. The van der Waals surface area contributed by atoms with E-state index in [-0.39, 0.29) is 23.8 Å². The molecule has 0 bridgehead atoms. The van der Waals surface area contributed by atoms with Crippen molar-refractivity contribution in [1.29, 1.82) is 0 Å². The van der Waals surface area contributed by atoms with Crippen LogP contribution in [0.1, 0.15) is 37.0 Å². The summed E-state index contributed by atoms with van der Waals surface area (Å²) in [6.45, 7) is 5.19. The highest BCUT2D eigenvalue weighted by atomic mass is 127. The Balaban J connectivity index is 2.00. The smallest absolute Gasteiger partial charge is 0.252 e. The molecule has 1 aromatic rings. The second-order valence-electron chi connectivity index (χ2n) is 6.41. The molecule has 0 radical (unpaired) electrons. The van der Waals surface area contributed by atoms with Gasteiger partial charge in [0.25, 0.3) is 5.91 Å². The maximum absolute atomic E-state index is 12.6. The molecule has 1 aromatic carbocycles. The van der Waals surface area contributed by atoms with Crippen molar-refractivity contribution >= 4 is 34.4 Å². The quantitative estimate of drug-likeness (QED) is 0.687. The second-order valence-corrected chi connectivity index (χ2v) is 7.58. The number of nitrogens with one attached hydrogen (secondary N) is 1. The number of carbonyl (C=O) groups excluding carboxylic acids is 2. The molecule has 0 saturated carbocycles. The first-order valence-corrected chi connectivity index (χ1v) is 9.46. The lowest BCUT2D eigenvalue weighted by Crippen LogP contribution is -2.47. The number of nitrogens with zero attached hydrogens (tertiary/aromatic N) is 1. The van der Waals surface area contributed by atoms with Crippen LogP contribution < -0.4 is 14.8 Å². The molecule has 2 rings (SSSR count). The minimum Gasteiger partial charge on any atom is -0.493 e. The number of hydrogen-bond donors (Lipinski definition) is 1. The van der Waals surface area contributed by atoms with Crippen LogP contribution in [-0.2, 0) is 4.79 Å². The van der Waals surface area contributed by atoms with Gasteiger partial charge in [0.05, 0.1) is 19.8 Å². The van der Waals surface area contributed by atoms with Crippen LogP contribution in [0, 0.1) is 9.49 Å². The van der Waals surface area contributed by atoms with E-state index >= 15 is 0 Å². The highest BCUT2D eigenvalue weighted by Gasteiger charge is 2.26. The Labute approximate surface area is 162 Å². The molecule has 25 heavy (non-hydrogen) atoms. The Kier molecular flexibility index (Phi) is 6.92. The number of likely N-dealkylation sites (tertiary alicyclic amines) is 1. The van der Waals surface area contributed by atoms with Crippen LogP contribution in [-0.4, -0.2) is 50.1 Å². The first-order valence-electron chi connectivity index (χ1n) is 8.38. The third-order valence-corrected chi connectivity index (χ3v) is 5.25. The molecule has 7 heteroatoms. The number of carbonyl (C=O) groups is 2. The summed E-state index contributed by atoms with van der Waals surface area (Å²) in [6, 6.07) is 3.57. The van der Waals surface area contributed by atoms with E-state index in [1.807, 2.05) is 18.7 Å². The largest absolute Gasteiger partial charge is 0.493 e. The predicted octanol–water partition coefficient (Wildman–Crippen LogP) is 2.69. The van der Waals surface area contributed by atoms with Crippen molar-refractivity contribution in [3.8, 4) is 11.5 Å². The molecule has 0 spiro atoms. The summed E-state index contributed by atoms with van der Waals surface area (Å²) in [4.78, 5) is 26.6. The summed E-state index contributed by atoms with van der Waals surface area (Å²) in [5, 5.41) is 3.08. The van der Waals surface area contributed by atoms with E-state index in [2.05, 4.69) is 27.9 Å². The van der Waals surface area contributed by atoms with Gasteiger partial charge in [-0.25, -0.2) is 0 Å². The molecule has 1 N–H and O–H groups in total. The van der Waals surface area contributed by atoms with E-state index < -0.39 is 0 Å². The second kappa shape index (κ2) is 8.73. The number of amides is 2. The summed E-state index contributed by atoms with van der Waals surface area (Å²) < 4.78 is 11.3. The standard InChI is InChI=1S/C18H25IN2O4/c1-11(2)18(23)21-7-5-12(6-8-21)20-17(22)13-9-15(24-3)16(25-4)10-14(13)19/h9-12H,5-8H2,1-4H3,(H,20,22). The highest BCUT2D eigenvalue weighted by Crippen LogP contribution is 2.31. The Hall–Kier alpha value is -1.51. The van der Waals surface area contributed by atoms with Gasteiger partial charge in [0, 0.05) is 28.6 Å². The molecule has 1 heterocycles. The molecular formula is C18H25IN2O4. The molecule has 6 nitrogen and oxygen atoms in total. The molecule has 0 atom stereocenters. The van der Waals surface area contributed by atoms with Crippen LogP contribution in [0.5, 0.6) is 11.5 Å². The van der Waals surface area contributed by atoms with E-state index in [1.165, 1.54) is 0 Å². The van der Waals surface area contributed by atoms with Gasteiger partial charge in [-0.05, 0) is 47.6 Å². The van der Waals surface area contributed by atoms with Crippen molar-refractivity contribution in [3.05, 3.63) is 21.3 Å². The van der Waals surface area contributed by atoms with Crippen LogP contribution in [0.2, 0.25) is 0 Å². The molecule has 1 aliphatic rings. The lowest BCUT2D eigenvalue weighted by Gasteiger charge is -2.33. The normalized spacial score (nSPS) is 15.2. The first-order chi connectivity index (χ1) is 11.9. The molecule has 1 fully saturated rings. The predicted molar refractivity (Wildman–Crippen MR) is 104 cm³/mol. The first kappa shape index (κ1) is 19.8. The molecule has 0 unspecified atom stereocenters. The lowest BCUT2D eigenvalue weighted by atomic mass is 10.0. The van der Waals surface area contributed by atoms with Crippen molar-refractivity contribution in [3.63, 3.8) is 0 Å². The van der Waals surface area contributed by atoms with Gasteiger partial charge in [0.15, 0.2) is 11.5 Å². The monoisotopic (exact) mass is 460 g/mol. The molecule has 2 amide bonds. The summed E-state index contributed by atoms with van der Waals surface area (Å²) in [5.41, 5.74) is 0.568. The molecular weight excluding hydrogens is 435 g/mol. The van der Waals surface area contributed by atoms with Gasteiger partial charge in [-0.2, -0.15) is 0 Å². The maximum atomic E-state index is 12.6. The Morgan fingerprint density at radius 1 is 1.16 bits per heavy atom. The van der Waals surface area contributed by atoms with E-state index in [9.17, 15) is 9.59 Å². The molecule has 1 aliphatic heterocycles. The van der Waals surface area contributed by atoms with E-state index in [0.717, 1.165) is 16.4 Å². The number of piperidine rings is 1. The highest BCUT2D eigenvalue weighted by molar-refractivity contribution is 14.1. The van der Waals surface area contributed by atoms with E-state index in [4.69, 9.17) is 9.47 Å². The Morgan fingerprint density at radius 3 is 2.24 bits per heavy atom. The number of halogens is 1. The average Bonchev–Trinajstić information content (AvgIpc) is 2.61. The third-order valence-electron chi connectivity index (χ3n) is 4.35. The summed E-state index contributed by atoms with van der Waals surface area (Å²) in [7, 11) is 3.12. The minimum absolute atomic E-state index is 0.0134. The van der Waals surface area contributed by atoms with Gasteiger partial charge in [0.1, 0.15) is 0 Å². The molecule has 0 aliphatic carbocycles. The zero-order chi connectivity index (χ0) is 18.6. The van der Waals surface area contributed by atoms with Crippen molar-refractivity contribution in [1.82, 2.24) is 10.2 Å². The Morgan fingerprint density at radius 2 is 1.72 bits per heavy atom. The molecule has 138 valence electrons. The van der Waals surface area contributed by atoms with Crippen molar-refractivity contribution in [2.24, 2.45) is 5.92 Å². The van der Waals surface area contributed by atoms with Crippen LogP contribution in [0.4, 0.5) is 0 Å². The number of benzene rings is 1. The molecule has 0 aromatic heterocycles. The fraction of sp³-hybridized carbons (Fsp3) is 0.556. The Bertz CT molecular complexity index is 640. The van der Waals surface area contributed by atoms with E-state index in [1.54, 1.807) is 26.4 Å². The van der Waals surface area contributed by atoms with Gasteiger partial charge in [-0.15, -0.1) is 0 Å². The van der Waals surface area contributed by atoms with E-state index in [0.29, 0.717) is 30.2 Å². The zero-order valence-electron chi connectivity index (χ0n) is 15.1. The summed E-state index contributed by atoms with van der Waals surface area (Å²) in [5.74, 6) is 1.20. The molecule has 1 saturated heterocycles. The lowest BCUT2D eigenvalue weighted by molar-refractivity contribution is -0.135. The van der Waals surface area contributed by atoms with Gasteiger partial charge >= 0.3 is 0 Å². The number of hydrogen-bond acceptors (Lipinski definition) is 4. The van der Waals surface area contributed by atoms with Crippen LogP contribution in [0.3, 0.4) is 0 Å². The average molecular weight is 460 g/mol. The fourth-order valence-corrected chi connectivity index (χ4v) is 3.58. The van der Waals surface area contributed by atoms with Crippen LogP contribution in [0.15, 0.2) is 12.1 Å². The fourth-order valence-electron chi connectivity index (χ4n) is 2.90. The van der Waals surface area contributed by atoms with Crippen molar-refractivity contribution in [2.75, 3.05) is 27.3 Å². The SMILES string of the molecule is COc1cc(I)c(C(=O)NC2CCN(C(=O)C(C)C)CC2)cc1OC. The maximum Gasteiger partial charge on any atom is 0.252 e. The number of ether oxygens (including phenoxy) is 2.